The number of carbonyl (C=O) groups excluding carboxylic acids is 2. The number of esters is 1. The second-order valence-corrected chi connectivity index (χ2v) is 6.79. The van der Waals surface area contributed by atoms with Gasteiger partial charge in [-0.05, 0) is 25.8 Å². The number of ether oxygens (including phenoxy) is 1. The molecular formula is C19H24N2O3S. The van der Waals surface area contributed by atoms with E-state index in [2.05, 4.69) is 16.4 Å². The zero-order valence-electron chi connectivity index (χ0n) is 14.9. The number of nitrogens with one attached hydrogen (secondary N) is 1. The molecule has 0 saturated carbocycles. The first-order valence-corrected chi connectivity index (χ1v) is 9.36. The number of amides is 1. The van der Waals surface area contributed by atoms with Gasteiger partial charge in [0.25, 0.3) is 5.91 Å². The zero-order chi connectivity index (χ0) is 18.2. The van der Waals surface area contributed by atoms with Gasteiger partial charge in [-0.3, -0.25) is 9.59 Å². The highest BCUT2D eigenvalue weighted by atomic mass is 32.1. The molecule has 1 aromatic heterocycles. The lowest BCUT2D eigenvalue weighted by Crippen LogP contribution is -2.37. The molecular weight excluding hydrogens is 336 g/mol. The van der Waals surface area contributed by atoms with Gasteiger partial charge in [0.15, 0.2) is 6.61 Å². The van der Waals surface area contributed by atoms with Gasteiger partial charge in [0.2, 0.25) is 0 Å². The molecule has 0 aliphatic carbocycles. The van der Waals surface area contributed by atoms with E-state index >= 15 is 0 Å². The van der Waals surface area contributed by atoms with Crippen molar-refractivity contribution in [2.45, 2.75) is 46.1 Å². The van der Waals surface area contributed by atoms with E-state index in [1.807, 2.05) is 44.4 Å². The minimum absolute atomic E-state index is 0.0700. The molecule has 0 spiro atoms. The second kappa shape index (κ2) is 9.32. The molecule has 25 heavy (non-hydrogen) atoms. The summed E-state index contributed by atoms with van der Waals surface area (Å²) in [5, 5.41) is 5.56. The maximum absolute atomic E-state index is 11.9. The minimum Gasteiger partial charge on any atom is -0.455 e. The van der Waals surface area contributed by atoms with Crippen LogP contribution in [-0.4, -0.2) is 29.5 Å². The Kier molecular flexibility index (Phi) is 7.13. The topological polar surface area (TPSA) is 68.3 Å². The number of hydrogen-bond donors (Lipinski definition) is 1. The molecule has 6 heteroatoms. The van der Waals surface area contributed by atoms with Gasteiger partial charge in [-0.15, -0.1) is 11.3 Å². The Labute approximate surface area is 152 Å². The van der Waals surface area contributed by atoms with E-state index in [-0.39, 0.29) is 25.0 Å². The predicted octanol–water partition coefficient (Wildman–Crippen LogP) is 3.51. The van der Waals surface area contributed by atoms with Crippen molar-refractivity contribution >= 4 is 23.2 Å². The highest BCUT2D eigenvalue weighted by molar-refractivity contribution is 7.13. The number of nitrogens with zero attached hydrogens (tertiary/aromatic N) is 1. The minimum atomic E-state index is -0.444. The lowest BCUT2D eigenvalue weighted by atomic mass is 10.1. The Morgan fingerprint density at radius 3 is 2.72 bits per heavy atom. The zero-order valence-corrected chi connectivity index (χ0v) is 15.7. The average Bonchev–Trinajstić information content (AvgIpc) is 3.06. The van der Waals surface area contributed by atoms with E-state index in [0.717, 1.165) is 29.0 Å². The fourth-order valence-corrected chi connectivity index (χ4v) is 3.22. The largest absolute Gasteiger partial charge is 0.455 e. The van der Waals surface area contributed by atoms with Crippen LogP contribution < -0.4 is 5.32 Å². The maximum atomic E-state index is 11.9. The molecule has 0 unspecified atom stereocenters. The smallest absolute Gasteiger partial charge is 0.312 e. The molecule has 0 radical (unpaired) electrons. The summed E-state index contributed by atoms with van der Waals surface area (Å²) in [6.45, 7) is 5.80. The van der Waals surface area contributed by atoms with E-state index in [9.17, 15) is 9.59 Å². The summed E-state index contributed by atoms with van der Waals surface area (Å²) in [5.41, 5.74) is 2.86. The molecule has 1 aromatic carbocycles. The Bertz CT molecular complexity index is 723. The fraction of sp³-hybridized carbons (Fsp3) is 0.421. The molecule has 0 fully saturated rings. The molecule has 0 aliphatic heterocycles. The predicted molar refractivity (Wildman–Crippen MR) is 99.5 cm³/mol. The van der Waals surface area contributed by atoms with Crippen molar-refractivity contribution in [1.82, 2.24) is 10.3 Å². The van der Waals surface area contributed by atoms with Crippen LogP contribution in [0.25, 0.3) is 10.6 Å². The summed E-state index contributed by atoms with van der Waals surface area (Å²) in [4.78, 5) is 28.1. The molecule has 5 nitrogen and oxygen atoms in total. The number of rotatable bonds is 8. The van der Waals surface area contributed by atoms with Gasteiger partial charge in [-0.25, -0.2) is 4.98 Å². The number of aromatic nitrogens is 1. The monoisotopic (exact) mass is 360 g/mol. The van der Waals surface area contributed by atoms with Crippen molar-refractivity contribution < 1.29 is 14.3 Å². The average molecular weight is 360 g/mol. The van der Waals surface area contributed by atoms with Gasteiger partial charge in [-0.1, -0.05) is 37.6 Å². The summed E-state index contributed by atoms with van der Waals surface area (Å²) < 4.78 is 5.05. The second-order valence-electron chi connectivity index (χ2n) is 5.93. The summed E-state index contributed by atoms with van der Waals surface area (Å²) in [6.07, 6.45) is 1.79. The van der Waals surface area contributed by atoms with Gasteiger partial charge >= 0.3 is 5.97 Å². The summed E-state index contributed by atoms with van der Waals surface area (Å²) in [5.74, 6) is -0.707. The maximum Gasteiger partial charge on any atom is 0.312 e. The Balaban J connectivity index is 1.84. The molecule has 1 amide bonds. The van der Waals surface area contributed by atoms with Crippen molar-refractivity contribution in [3.8, 4) is 10.6 Å². The van der Waals surface area contributed by atoms with E-state index in [0.29, 0.717) is 5.69 Å². The third-order valence-electron chi connectivity index (χ3n) is 3.86. The van der Waals surface area contributed by atoms with Crippen LogP contribution >= 0.6 is 11.3 Å². The quantitative estimate of drug-likeness (QED) is 0.732. The van der Waals surface area contributed by atoms with Crippen LogP contribution in [0.4, 0.5) is 0 Å². The molecule has 0 aliphatic rings. The van der Waals surface area contributed by atoms with Crippen LogP contribution in [-0.2, 0) is 20.7 Å². The first-order valence-electron chi connectivity index (χ1n) is 8.48. The van der Waals surface area contributed by atoms with Gasteiger partial charge in [0.05, 0.1) is 12.1 Å². The summed E-state index contributed by atoms with van der Waals surface area (Å²) >= 11 is 1.49. The van der Waals surface area contributed by atoms with Crippen LogP contribution in [0.1, 0.15) is 37.9 Å². The molecule has 2 rings (SSSR count). The molecule has 0 atom stereocenters. The highest BCUT2D eigenvalue weighted by Crippen LogP contribution is 2.24. The van der Waals surface area contributed by atoms with Crippen LogP contribution in [0.2, 0.25) is 0 Å². The molecule has 134 valence electrons. The van der Waals surface area contributed by atoms with Crippen molar-refractivity contribution in [1.29, 1.82) is 0 Å². The third kappa shape index (κ3) is 5.98. The summed E-state index contributed by atoms with van der Waals surface area (Å²) in [6, 6.07) is 8.20. The Morgan fingerprint density at radius 2 is 2.04 bits per heavy atom. The Morgan fingerprint density at radius 1 is 1.28 bits per heavy atom. The normalized spacial score (nSPS) is 10.7. The molecule has 0 bridgehead atoms. The highest BCUT2D eigenvalue weighted by Gasteiger charge is 2.13. The van der Waals surface area contributed by atoms with E-state index < -0.39 is 5.97 Å². The SMILES string of the molecule is CCC(CC)NC(=O)COC(=O)Cc1csc(-c2cccc(C)c2)n1. The molecule has 0 saturated heterocycles. The lowest BCUT2D eigenvalue weighted by Gasteiger charge is -2.14. The van der Waals surface area contributed by atoms with Gasteiger partial charge in [-0.2, -0.15) is 0 Å². The van der Waals surface area contributed by atoms with Gasteiger partial charge in [0, 0.05) is 17.0 Å². The van der Waals surface area contributed by atoms with Crippen molar-refractivity contribution in [3.05, 3.63) is 40.9 Å². The van der Waals surface area contributed by atoms with E-state index in [1.54, 1.807) is 0 Å². The third-order valence-corrected chi connectivity index (χ3v) is 4.80. The number of hydrogen-bond acceptors (Lipinski definition) is 5. The van der Waals surface area contributed by atoms with Crippen molar-refractivity contribution in [3.63, 3.8) is 0 Å². The van der Waals surface area contributed by atoms with E-state index in [4.69, 9.17) is 4.74 Å². The van der Waals surface area contributed by atoms with Gasteiger partial charge in [0.1, 0.15) is 5.01 Å². The Hall–Kier alpha value is -2.21. The first kappa shape index (κ1) is 19.1. The van der Waals surface area contributed by atoms with Gasteiger partial charge < -0.3 is 10.1 Å². The number of aryl methyl sites for hydroxylation is 1. The van der Waals surface area contributed by atoms with Crippen molar-refractivity contribution in [2.75, 3.05) is 6.61 Å². The van der Waals surface area contributed by atoms with Crippen LogP contribution in [0.3, 0.4) is 0 Å². The van der Waals surface area contributed by atoms with Crippen molar-refractivity contribution in [2.24, 2.45) is 0 Å². The number of thiazole rings is 1. The first-order chi connectivity index (χ1) is 12.0. The van der Waals surface area contributed by atoms with Crippen LogP contribution in [0.5, 0.6) is 0 Å². The standard InChI is InChI=1S/C19H24N2O3S/c1-4-15(5-2)20-17(22)11-24-18(23)10-16-12-25-19(21-16)14-8-6-7-13(3)9-14/h6-9,12,15H,4-5,10-11H2,1-3H3,(H,20,22). The molecule has 1 heterocycles. The van der Waals surface area contributed by atoms with Crippen LogP contribution in [0, 0.1) is 6.92 Å². The fourth-order valence-electron chi connectivity index (χ4n) is 2.41. The molecule has 2 aromatic rings. The van der Waals surface area contributed by atoms with E-state index in [1.165, 1.54) is 11.3 Å². The summed E-state index contributed by atoms with van der Waals surface area (Å²) in [7, 11) is 0. The van der Waals surface area contributed by atoms with Crippen LogP contribution in [0.15, 0.2) is 29.6 Å². The lowest BCUT2D eigenvalue weighted by molar-refractivity contribution is -0.148. The molecule has 1 N–H and O–H groups in total. The number of benzene rings is 1. The number of carbonyl (C=O) groups is 2.